The van der Waals surface area contributed by atoms with Crippen molar-refractivity contribution in [3.8, 4) is 0 Å². The number of aryl methyl sites for hydroxylation is 2. The zero-order valence-corrected chi connectivity index (χ0v) is 14.3. The molecule has 1 aromatic rings. The van der Waals surface area contributed by atoms with E-state index in [2.05, 4.69) is 24.8 Å². The number of hydrogen-bond donors (Lipinski definition) is 0. The van der Waals surface area contributed by atoms with E-state index in [9.17, 15) is 0 Å². The van der Waals surface area contributed by atoms with E-state index in [1.807, 2.05) is 0 Å². The van der Waals surface area contributed by atoms with Crippen LogP contribution in [0.2, 0.25) is 0 Å². The van der Waals surface area contributed by atoms with Crippen molar-refractivity contribution >= 4 is 5.82 Å². The van der Waals surface area contributed by atoms with Crippen LogP contribution in [0.4, 0.5) is 5.82 Å². The number of rotatable bonds is 9. The minimum absolute atomic E-state index is 0.806. The topological polar surface area (TPSA) is 38.2 Å². The van der Waals surface area contributed by atoms with Crippen molar-refractivity contribution in [1.82, 2.24) is 9.97 Å². The predicted molar refractivity (Wildman–Crippen MR) is 91.5 cm³/mol. The summed E-state index contributed by atoms with van der Waals surface area (Å²) in [5.74, 6) is 2.14. The Labute approximate surface area is 135 Å². The molecular formula is C18H31N3O. The summed E-state index contributed by atoms with van der Waals surface area (Å²) in [6, 6.07) is 2.20. The molecule has 0 bridgehead atoms. The number of hydrogen-bond acceptors (Lipinski definition) is 4. The molecule has 1 aliphatic heterocycles. The van der Waals surface area contributed by atoms with Crippen LogP contribution in [0.1, 0.15) is 63.9 Å². The second kappa shape index (κ2) is 9.78. The summed E-state index contributed by atoms with van der Waals surface area (Å²) in [5.41, 5.74) is 1.22. The lowest BCUT2D eigenvalue weighted by Gasteiger charge is -2.28. The van der Waals surface area contributed by atoms with Crippen LogP contribution < -0.4 is 4.90 Å². The average molecular weight is 305 g/mol. The monoisotopic (exact) mass is 305 g/mol. The Kier molecular flexibility index (Phi) is 7.64. The van der Waals surface area contributed by atoms with Gasteiger partial charge in [-0.05, 0) is 19.3 Å². The number of morpholine rings is 1. The van der Waals surface area contributed by atoms with E-state index >= 15 is 0 Å². The minimum Gasteiger partial charge on any atom is -0.378 e. The highest BCUT2D eigenvalue weighted by atomic mass is 16.5. The first-order valence-corrected chi connectivity index (χ1v) is 9.03. The molecule has 0 unspecified atom stereocenters. The molecule has 0 aliphatic carbocycles. The summed E-state index contributed by atoms with van der Waals surface area (Å²) < 4.78 is 5.46. The van der Waals surface area contributed by atoms with E-state index in [1.165, 1.54) is 44.2 Å². The van der Waals surface area contributed by atoms with Crippen LogP contribution in [0.3, 0.4) is 0 Å². The lowest BCUT2D eigenvalue weighted by molar-refractivity contribution is 0.122. The standard InChI is InChI=1S/C18H31N3O/c1-3-5-7-9-16-15-18(21-11-13-22-14-12-21)20-17(19-16)10-8-6-4-2/h15H,3-14H2,1-2H3. The maximum absolute atomic E-state index is 5.46. The number of anilines is 1. The normalized spacial score (nSPS) is 15.3. The van der Waals surface area contributed by atoms with Crippen molar-refractivity contribution in [2.75, 3.05) is 31.2 Å². The van der Waals surface area contributed by atoms with Crippen LogP contribution in [0.25, 0.3) is 0 Å². The van der Waals surface area contributed by atoms with E-state index in [-0.39, 0.29) is 0 Å². The molecule has 2 rings (SSSR count). The molecule has 2 heterocycles. The summed E-state index contributed by atoms with van der Waals surface area (Å²) in [4.78, 5) is 12.0. The molecule has 1 aromatic heterocycles. The third-order valence-electron chi connectivity index (χ3n) is 4.19. The molecule has 0 amide bonds. The maximum Gasteiger partial charge on any atom is 0.132 e. The van der Waals surface area contributed by atoms with Crippen LogP contribution in [0.15, 0.2) is 6.07 Å². The SMILES string of the molecule is CCCCCc1cc(N2CCOCC2)nc(CCCCC)n1. The van der Waals surface area contributed by atoms with Gasteiger partial charge in [0.25, 0.3) is 0 Å². The van der Waals surface area contributed by atoms with Crippen molar-refractivity contribution in [2.45, 2.75) is 65.2 Å². The zero-order chi connectivity index (χ0) is 15.6. The summed E-state index contributed by atoms with van der Waals surface area (Å²) in [6.07, 6.45) is 9.54. The second-order valence-corrected chi connectivity index (χ2v) is 6.15. The Hall–Kier alpha value is -1.16. The van der Waals surface area contributed by atoms with Gasteiger partial charge in [-0.3, -0.25) is 0 Å². The van der Waals surface area contributed by atoms with E-state index in [0.717, 1.165) is 50.8 Å². The molecule has 4 nitrogen and oxygen atoms in total. The largest absolute Gasteiger partial charge is 0.378 e. The van der Waals surface area contributed by atoms with Crippen molar-refractivity contribution in [3.05, 3.63) is 17.6 Å². The van der Waals surface area contributed by atoms with Crippen molar-refractivity contribution < 1.29 is 4.74 Å². The summed E-state index contributed by atoms with van der Waals surface area (Å²) in [5, 5.41) is 0. The number of aromatic nitrogens is 2. The van der Waals surface area contributed by atoms with E-state index in [4.69, 9.17) is 14.7 Å². The lowest BCUT2D eigenvalue weighted by Crippen LogP contribution is -2.37. The minimum atomic E-state index is 0.806. The molecule has 4 heteroatoms. The molecule has 0 aromatic carbocycles. The first-order valence-electron chi connectivity index (χ1n) is 9.03. The molecule has 1 aliphatic rings. The zero-order valence-electron chi connectivity index (χ0n) is 14.3. The molecular weight excluding hydrogens is 274 g/mol. The Morgan fingerprint density at radius 3 is 2.32 bits per heavy atom. The van der Waals surface area contributed by atoms with Crippen LogP contribution in [0, 0.1) is 0 Å². The Morgan fingerprint density at radius 2 is 1.64 bits per heavy atom. The number of ether oxygens (including phenoxy) is 1. The van der Waals surface area contributed by atoms with Gasteiger partial charge < -0.3 is 9.64 Å². The third-order valence-corrected chi connectivity index (χ3v) is 4.19. The Morgan fingerprint density at radius 1 is 0.955 bits per heavy atom. The van der Waals surface area contributed by atoms with E-state index in [0.29, 0.717) is 0 Å². The van der Waals surface area contributed by atoms with E-state index < -0.39 is 0 Å². The van der Waals surface area contributed by atoms with Crippen LogP contribution in [-0.4, -0.2) is 36.3 Å². The third kappa shape index (κ3) is 5.56. The molecule has 0 spiro atoms. The highest BCUT2D eigenvalue weighted by Gasteiger charge is 2.14. The number of nitrogens with zero attached hydrogens (tertiary/aromatic N) is 3. The fraction of sp³-hybridized carbons (Fsp3) is 0.778. The Bertz CT molecular complexity index is 402. The highest BCUT2D eigenvalue weighted by Crippen LogP contribution is 2.17. The molecule has 0 N–H and O–H groups in total. The smallest absolute Gasteiger partial charge is 0.132 e. The molecule has 1 fully saturated rings. The highest BCUT2D eigenvalue weighted by molar-refractivity contribution is 5.40. The van der Waals surface area contributed by atoms with Crippen molar-refractivity contribution in [3.63, 3.8) is 0 Å². The molecule has 0 atom stereocenters. The van der Waals surface area contributed by atoms with Gasteiger partial charge >= 0.3 is 0 Å². The molecule has 1 saturated heterocycles. The second-order valence-electron chi connectivity index (χ2n) is 6.15. The van der Waals surface area contributed by atoms with Crippen LogP contribution in [0.5, 0.6) is 0 Å². The molecule has 0 saturated carbocycles. The quantitative estimate of drug-likeness (QED) is 0.651. The number of unbranched alkanes of at least 4 members (excludes halogenated alkanes) is 4. The van der Waals surface area contributed by atoms with Crippen LogP contribution >= 0.6 is 0 Å². The molecule has 22 heavy (non-hydrogen) atoms. The maximum atomic E-state index is 5.46. The Balaban J connectivity index is 2.07. The lowest BCUT2D eigenvalue weighted by atomic mass is 10.1. The molecule has 0 radical (unpaired) electrons. The van der Waals surface area contributed by atoms with Gasteiger partial charge in [0.15, 0.2) is 0 Å². The van der Waals surface area contributed by atoms with Gasteiger partial charge in [-0.25, -0.2) is 9.97 Å². The van der Waals surface area contributed by atoms with Gasteiger partial charge in [0.05, 0.1) is 13.2 Å². The average Bonchev–Trinajstić information content (AvgIpc) is 2.56. The van der Waals surface area contributed by atoms with Gasteiger partial charge in [-0.1, -0.05) is 39.5 Å². The van der Waals surface area contributed by atoms with E-state index in [1.54, 1.807) is 0 Å². The summed E-state index contributed by atoms with van der Waals surface area (Å²) >= 11 is 0. The predicted octanol–water partition coefficient (Wildman–Crippen LogP) is 3.78. The summed E-state index contributed by atoms with van der Waals surface area (Å²) in [7, 11) is 0. The van der Waals surface area contributed by atoms with Gasteiger partial charge in [-0.2, -0.15) is 0 Å². The first kappa shape index (κ1) is 17.2. The van der Waals surface area contributed by atoms with Gasteiger partial charge in [0, 0.05) is 31.3 Å². The van der Waals surface area contributed by atoms with Crippen LogP contribution in [-0.2, 0) is 17.6 Å². The fourth-order valence-electron chi connectivity index (χ4n) is 2.82. The van der Waals surface area contributed by atoms with Gasteiger partial charge in [0.1, 0.15) is 11.6 Å². The van der Waals surface area contributed by atoms with Crippen molar-refractivity contribution in [2.24, 2.45) is 0 Å². The first-order chi connectivity index (χ1) is 10.8. The van der Waals surface area contributed by atoms with Gasteiger partial charge in [-0.15, -0.1) is 0 Å². The fourth-order valence-corrected chi connectivity index (χ4v) is 2.82. The van der Waals surface area contributed by atoms with Gasteiger partial charge in [0.2, 0.25) is 0 Å². The van der Waals surface area contributed by atoms with Crippen molar-refractivity contribution in [1.29, 1.82) is 0 Å². The summed E-state index contributed by atoms with van der Waals surface area (Å²) in [6.45, 7) is 7.98. The molecule has 124 valence electrons.